The Balaban J connectivity index is 2.59. The predicted octanol–water partition coefficient (Wildman–Crippen LogP) is 0.446. The van der Waals surface area contributed by atoms with Gasteiger partial charge < -0.3 is 0 Å². The van der Waals surface area contributed by atoms with Gasteiger partial charge in [0.25, 0.3) is 0 Å². The van der Waals surface area contributed by atoms with Gasteiger partial charge in [-0.2, -0.15) is 0 Å². The van der Waals surface area contributed by atoms with Gasteiger partial charge in [-0.05, 0) is 14.1 Å². The lowest BCUT2D eigenvalue weighted by Gasteiger charge is -2.14. The first-order chi connectivity index (χ1) is 4.22. The first kappa shape index (κ1) is 6.49. The summed E-state index contributed by atoms with van der Waals surface area (Å²) in [6.07, 6.45) is 4.48. The molecule has 0 radical (unpaired) electrons. The van der Waals surface area contributed by atoms with E-state index in [1.165, 1.54) is 0 Å². The van der Waals surface area contributed by atoms with Crippen LogP contribution in [0.15, 0.2) is 12.2 Å². The molecule has 1 atom stereocenters. The zero-order valence-electron chi connectivity index (χ0n) is 5.79. The van der Waals surface area contributed by atoms with Gasteiger partial charge in [0.15, 0.2) is 5.78 Å². The molecule has 50 valence electrons. The third kappa shape index (κ3) is 1.19. The second kappa shape index (κ2) is 2.31. The highest BCUT2D eigenvalue weighted by atomic mass is 16.1. The SMILES string of the molecule is CN(C)C1C=CCC1=O. The van der Waals surface area contributed by atoms with Crippen molar-refractivity contribution in [1.29, 1.82) is 0 Å². The maximum atomic E-state index is 10.9. The molecule has 2 nitrogen and oxygen atoms in total. The van der Waals surface area contributed by atoms with Crippen LogP contribution >= 0.6 is 0 Å². The molecule has 0 saturated heterocycles. The first-order valence-corrected chi connectivity index (χ1v) is 3.07. The fraction of sp³-hybridized carbons (Fsp3) is 0.571. The Morgan fingerprint density at radius 2 is 2.33 bits per heavy atom. The lowest BCUT2D eigenvalue weighted by atomic mass is 10.2. The molecule has 0 fully saturated rings. The molecule has 9 heavy (non-hydrogen) atoms. The first-order valence-electron chi connectivity index (χ1n) is 3.07. The highest BCUT2D eigenvalue weighted by Gasteiger charge is 2.19. The molecule has 0 aromatic rings. The quantitative estimate of drug-likeness (QED) is 0.474. The van der Waals surface area contributed by atoms with Gasteiger partial charge in [0.05, 0.1) is 6.04 Å². The van der Waals surface area contributed by atoms with Gasteiger partial charge >= 0.3 is 0 Å². The van der Waals surface area contributed by atoms with Crippen molar-refractivity contribution >= 4 is 5.78 Å². The Bertz CT molecular complexity index is 149. The van der Waals surface area contributed by atoms with Crippen molar-refractivity contribution in [1.82, 2.24) is 4.90 Å². The number of likely N-dealkylation sites (N-methyl/N-ethyl adjacent to an activating group) is 1. The van der Waals surface area contributed by atoms with Crippen LogP contribution in [0.5, 0.6) is 0 Å². The van der Waals surface area contributed by atoms with Gasteiger partial charge in [-0.1, -0.05) is 12.2 Å². The van der Waals surface area contributed by atoms with Crippen LogP contribution < -0.4 is 0 Å². The fourth-order valence-corrected chi connectivity index (χ4v) is 1.00. The van der Waals surface area contributed by atoms with Crippen molar-refractivity contribution in [3.8, 4) is 0 Å². The van der Waals surface area contributed by atoms with Crippen molar-refractivity contribution in [3.05, 3.63) is 12.2 Å². The predicted molar refractivity (Wildman–Crippen MR) is 36.2 cm³/mol. The zero-order chi connectivity index (χ0) is 6.85. The summed E-state index contributed by atoms with van der Waals surface area (Å²) >= 11 is 0. The summed E-state index contributed by atoms with van der Waals surface area (Å²) in [4.78, 5) is 12.8. The van der Waals surface area contributed by atoms with Gasteiger partial charge in [0, 0.05) is 6.42 Å². The summed E-state index contributed by atoms with van der Waals surface area (Å²) in [7, 11) is 3.83. The molecule has 0 spiro atoms. The van der Waals surface area contributed by atoms with E-state index in [1.807, 2.05) is 31.1 Å². The lowest BCUT2D eigenvalue weighted by Crippen LogP contribution is -2.30. The zero-order valence-corrected chi connectivity index (χ0v) is 5.79. The Morgan fingerprint density at radius 3 is 2.56 bits per heavy atom. The number of nitrogens with zero attached hydrogens (tertiary/aromatic N) is 1. The Labute approximate surface area is 55.2 Å². The van der Waals surface area contributed by atoms with Crippen LogP contribution in [0.25, 0.3) is 0 Å². The van der Waals surface area contributed by atoms with Gasteiger partial charge in [0.1, 0.15) is 0 Å². The average Bonchev–Trinajstić information content (AvgIpc) is 2.13. The Kier molecular flexibility index (Phi) is 1.67. The van der Waals surface area contributed by atoms with Crippen LogP contribution in [-0.2, 0) is 4.79 Å². The number of carbonyl (C=O) groups excluding carboxylic acids is 1. The van der Waals surface area contributed by atoms with Gasteiger partial charge in [-0.15, -0.1) is 0 Å². The van der Waals surface area contributed by atoms with E-state index in [4.69, 9.17) is 0 Å². The molecule has 1 rings (SSSR count). The van der Waals surface area contributed by atoms with E-state index in [1.54, 1.807) is 0 Å². The molecule has 0 aliphatic heterocycles. The number of hydrogen-bond acceptors (Lipinski definition) is 2. The number of carbonyl (C=O) groups is 1. The molecular weight excluding hydrogens is 114 g/mol. The highest BCUT2D eigenvalue weighted by Crippen LogP contribution is 2.08. The molecule has 1 aliphatic carbocycles. The van der Waals surface area contributed by atoms with Crippen LogP contribution in [0.2, 0.25) is 0 Å². The van der Waals surface area contributed by atoms with E-state index < -0.39 is 0 Å². The monoisotopic (exact) mass is 125 g/mol. The van der Waals surface area contributed by atoms with Gasteiger partial charge in [-0.3, -0.25) is 9.69 Å². The smallest absolute Gasteiger partial charge is 0.157 e. The minimum absolute atomic E-state index is 0.0463. The van der Waals surface area contributed by atoms with Crippen LogP contribution in [0, 0.1) is 0 Å². The van der Waals surface area contributed by atoms with E-state index >= 15 is 0 Å². The molecule has 0 amide bonds. The second-order valence-corrected chi connectivity index (χ2v) is 2.51. The van der Waals surface area contributed by atoms with Crippen molar-refractivity contribution in [2.45, 2.75) is 12.5 Å². The molecule has 0 N–H and O–H groups in total. The van der Waals surface area contributed by atoms with Gasteiger partial charge in [-0.25, -0.2) is 0 Å². The number of rotatable bonds is 1. The maximum absolute atomic E-state index is 10.9. The normalized spacial score (nSPS) is 26.1. The molecule has 0 bridgehead atoms. The fourth-order valence-electron chi connectivity index (χ4n) is 1.00. The molecule has 2 heteroatoms. The molecular formula is C7H11NO. The Hall–Kier alpha value is -0.630. The van der Waals surface area contributed by atoms with E-state index in [9.17, 15) is 4.79 Å². The number of ketones is 1. The van der Waals surface area contributed by atoms with Crippen molar-refractivity contribution < 1.29 is 4.79 Å². The van der Waals surface area contributed by atoms with Crippen molar-refractivity contribution in [3.63, 3.8) is 0 Å². The van der Waals surface area contributed by atoms with Crippen molar-refractivity contribution in [2.75, 3.05) is 14.1 Å². The lowest BCUT2D eigenvalue weighted by molar-refractivity contribution is -0.120. The summed E-state index contributed by atoms with van der Waals surface area (Å²) in [5.74, 6) is 0.306. The largest absolute Gasteiger partial charge is 0.297 e. The molecule has 0 aromatic heterocycles. The van der Waals surface area contributed by atoms with Crippen molar-refractivity contribution in [2.24, 2.45) is 0 Å². The van der Waals surface area contributed by atoms with Crippen LogP contribution in [-0.4, -0.2) is 30.8 Å². The minimum Gasteiger partial charge on any atom is -0.297 e. The van der Waals surface area contributed by atoms with Crippen LogP contribution in [0.3, 0.4) is 0 Å². The Morgan fingerprint density at radius 1 is 1.67 bits per heavy atom. The summed E-state index contributed by atoms with van der Waals surface area (Å²) in [5.41, 5.74) is 0. The summed E-state index contributed by atoms with van der Waals surface area (Å²) in [6.45, 7) is 0. The van der Waals surface area contributed by atoms with Crippen LogP contribution in [0.1, 0.15) is 6.42 Å². The summed E-state index contributed by atoms with van der Waals surface area (Å²) in [5, 5.41) is 0. The number of Topliss-reactive ketones (excluding diaryl/α,β-unsaturated/α-hetero) is 1. The van der Waals surface area contributed by atoms with E-state index in [-0.39, 0.29) is 6.04 Å². The molecule has 0 saturated carbocycles. The number of hydrogen-bond donors (Lipinski definition) is 0. The van der Waals surface area contributed by atoms with E-state index in [2.05, 4.69) is 0 Å². The number of allylic oxidation sites excluding steroid dienone is 1. The maximum Gasteiger partial charge on any atom is 0.157 e. The van der Waals surface area contributed by atoms with Gasteiger partial charge in [0.2, 0.25) is 0 Å². The third-order valence-corrected chi connectivity index (χ3v) is 1.52. The second-order valence-electron chi connectivity index (χ2n) is 2.51. The van der Waals surface area contributed by atoms with E-state index in [0.29, 0.717) is 12.2 Å². The molecule has 1 aliphatic rings. The standard InChI is InChI=1S/C7H11NO/c1-8(2)6-4-3-5-7(6)9/h3-4,6H,5H2,1-2H3. The van der Waals surface area contributed by atoms with E-state index in [0.717, 1.165) is 0 Å². The highest BCUT2D eigenvalue weighted by molar-refractivity contribution is 5.89. The topological polar surface area (TPSA) is 20.3 Å². The van der Waals surface area contributed by atoms with Crippen LogP contribution in [0.4, 0.5) is 0 Å². The minimum atomic E-state index is 0.0463. The molecule has 0 aromatic carbocycles. The average molecular weight is 125 g/mol. The molecule has 0 heterocycles. The summed E-state index contributed by atoms with van der Waals surface area (Å²) in [6, 6.07) is 0.0463. The summed E-state index contributed by atoms with van der Waals surface area (Å²) < 4.78 is 0. The third-order valence-electron chi connectivity index (χ3n) is 1.52. The molecule has 1 unspecified atom stereocenters.